The summed E-state index contributed by atoms with van der Waals surface area (Å²) >= 11 is 0. The van der Waals surface area contributed by atoms with Crippen LogP contribution in [0.4, 0.5) is 4.39 Å². The van der Waals surface area contributed by atoms with Crippen molar-refractivity contribution in [3.8, 4) is 0 Å². The van der Waals surface area contributed by atoms with E-state index in [0.29, 0.717) is 5.56 Å². The van der Waals surface area contributed by atoms with Gasteiger partial charge in [0.15, 0.2) is 0 Å². The van der Waals surface area contributed by atoms with Crippen LogP contribution in [0.15, 0.2) is 24.3 Å². The minimum absolute atomic E-state index is 0.0569. The molecule has 0 heterocycles. The van der Waals surface area contributed by atoms with E-state index in [1.807, 2.05) is 0 Å². The maximum absolute atomic E-state index is 13.6. The highest BCUT2D eigenvalue weighted by Crippen LogP contribution is 2.47. The van der Waals surface area contributed by atoms with E-state index < -0.39 is 11.4 Å². The molecular weight excluding hydrogens is 221 g/mol. The van der Waals surface area contributed by atoms with Crippen LogP contribution in [0.1, 0.15) is 18.4 Å². The maximum Gasteiger partial charge on any atom is 0.311 e. The van der Waals surface area contributed by atoms with Gasteiger partial charge in [-0.3, -0.25) is 4.79 Å². The number of carbonyl (C=O) groups is 1. The molecule has 0 bridgehead atoms. The van der Waals surface area contributed by atoms with Crippen molar-refractivity contribution in [1.82, 2.24) is 0 Å². The lowest BCUT2D eigenvalue weighted by atomic mass is 9.77. The Balaban J connectivity index is 2.30. The monoisotopic (exact) mass is 237 g/mol. The van der Waals surface area contributed by atoms with E-state index in [9.17, 15) is 14.3 Å². The molecule has 3 nitrogen and oxygen atoms in total. The fraction of sp³-hybridized carbons (Fsp3) is 0.462. The Morgan fingerprint density at radius 3 is 2.59 bits per heavy atom. The SMILES string of the molecule is NCC(Cc1ccccc1F)(C(=O)O)C1CC1. The zero-order chi connectivity index (χ0) is 12.5. The Kier molecular flexibility index (Phi) is 3.15. The first-order chi connectivity index (χ1) is 8.10. The van der Waals surface area contributed by atoms with Gasteiger partial charge in [0.25, 0.3) is 0 Å². The molecular formula is C13H16FNO2. The number of benzene rings is 1. The zero-order valence-corrected chi connectivity index (χ0v) is 9.53. The van der Waals surface area contributed by atoms with Gasteiger partial charge in [0.1, 0.15) is 5.82 Å². The molecule has 1 atom stereocenters. The lowest BCUT2D eigenvalue weighted by Crippen LogP contribution is -2.42. The summed E-state index contributed by atoms with van der Waals surface area (Å²) in [5.74, 6) is -1.18. The standard InChI is InChI=1S/C13H16FNO2/c14-11-4-2-1-3-9(11)7-13(8-15,12(16)17)10-5-6-10/h1-4,10H,5-8,15H2,(H,16,17). The van der Waals surface area contributed by atoms with Gasteiger partial charge in [-0.2, -0.15) is 0 Å². The molecule has 1 saturated carbocycles. The van der Waals surface area contributed by atoms with Crippen LogP contribution in [-0.2, 0) is 11.2 Å². The molecule has 0 radical (unpaired) electrons. The first-order valence-electron chi connectivity index (χ1n) is 5.77. The Bertz CT molecular complexity index is 431. The number of nitrogens with two attached hydrogens (primary N) is 1. The van der Waals surface area contributed by atoms with Crippen LogP contribution in [0.25, 0.3) is 0 Å². The van der Waals surface area contributed by atoms with Gasteiger partial charge >= 0.3 is 5.97 Å². The molecule has 0 aromatic heterocycles. The Morgan fingerprint density at radius 2 is 2.12 bits per heavy atom. The quantitative estimate of drug-likeness (QED) is 0.820. The molecule has 2 rings (SSSR count). The van der Waals surface area contributed by atoms with Gasteiger partial charge in [-0.15, -0.1) is 0 Å². The molecule has 1 aliphatic carbocycles. The van der Waals surface area contributed by atoms with Crippen molar-refractivity contribution in [2.75, 3.05) is 6.54 Å². The third-order valence-electron chi connectivity index (χ3n) is 3.61. The second-order valence-electron chi connectivity index (χ2n) is 4.71. The summed E-state index contributed by atoms with van der Waals surface area (Å²) in [5.41, 5.74) is 5.08. The summed E-state index contributed by atoms with van der Waals surface area (Å²) in [7, 11) is 0. The van der Waals surface area contributed by atoms with Crippen molar-refractivity contribution in [1.29, 1.82) is 0 Å². The maximum atomic E-state index is 13.6. The molecule has 0 amide bonds. The van der Waals surface area contributed by atoms with Crippen LogP contribution in [0.5, 0.6) is 0 Å². The number of hydrogen-bond donors (Lipinski definition) is 2. The summed E-state index contributed by atoms with van der Waals surface area (Å²) in [6.45, 7) is 0.0569. The molecule has 0 spiro atoms. The van der Waals surface area contributed by atoms with Crippen molar-refractivity contribution in [2.24, 2.45) is 17.1 Å². The first-order valence-corrected chi connectivity index (χ1v) is 5.77. The van der Waals surface area contributed by atoms with Gasteiger partial charge in [-0.1, -0.05) is 18.2 Å². The summed E-state index contributed by atoms with van der Waals surface area (Å²) in [6.07, 6.45) is 1.92. The Hall–Kier alpha value is -1.42. The van der Waals surface area contributed by atoms with Gasteiger partial charge in [0.05, 0.1) is 5.41 Å². The average molecular weight is 237 g/mol. The van der Waals surface area contributed by atoms with E-state index in [0.717, 1.165) is 12.8 Å². The normalized spacial score (nSPS) is 18.7. The number of carboxylic acid groups (broad SMARTS) is 1. The molecule has 0 saturated heterocycles. The van der Waals surface area contributed by atoms with Crippen molar-refractivity contribution in [3.63, 3.8) is 0 Å². The second-order valence-corrected chi connectivity index (χ2v) is 4.71. The van der Waals surface area contributed by atoms with E-state index in [1.54, 1.807) is 18.2 Å². The van der Waals surface area contributed by atoms with Gasteiger partial charge in [-0.25, -0.2) is 4.39 Å². The minimum atomic E-state index is -0.998. The lowest BCUT2D eigenvalue weighted by molar-refractivity contribution is -0.149. The van der Waals surface area contributed by atoms with E-state index in [4.69, 9.17) is 5.73 Å². The predicted molar refractivity (Wildman–Crippen MR) is 62.0 cm³/mol. The molecule has 0 aliphatic heterocycles. The molecule has 17 heavy (non-hydrogen) atoms. The molecule has 1 aromatic rings. The van der Waals surface area contributed by atoms with Gasteiger partial charge in [0.2, 0.25) is 0 Å². The topological polar surface area (TPSA) is 63.3 Å². The number of rotatable bonds is 5. The molecule has 3 N–H and O–H groups in total. The van der Waals surface area contributed by atoms with Gasteiger partial charge in [0, 0.05) is 6.54 Å². The van der Waals surface area contributed by atoms with Crippen LogP contribution in [-0.4, -0.2) is 17.6 Å². The molecule has 1 fully saturated rings. The molecule has 1 aromatic carbocycles. The first kappa shape index (κ1) is 12.0. The van der Waals surface area contributed by atoms with Gasteiger partial charge in [-0.05, 0) is 36.8 Å². The lowest BCUT2D eigenvalue weighted by Gasteiger charge is -2.28. The smallest absolute Gasteiger partial charge is 0.311 e. The second kappa shape index (κ2) is 4.45. The third kappa shape index (κ3) is 2.17. The fourth-order valence-corrected chi connectivity index (χ4v) is 2.34. The third-order valence-corrected chi connectivity index (χ3v) is 3.61. The summed E-state index contributed by atoms with van der Waals surface area (Å²) in [4.78, 5) is 11.4. The summed E-state index contributed by atoms with van der Waals surface area (Å²) in [6, 6.07) is 6.30. The number of halogens is 1. The predicted octanol–water partition coefficient (Wildman–Crippen LogP) is 1.81. The van der Waals surface area contributed by atoms with Gasteiger partial charge < -0.3 is 10.8 Å². The highest BCUT2D eigenvalue weighted by atomic mass is 19.1. The summed E-state index contributed by atoms with van der Waals surface area (Å²) < 4.78 is 13.6. The van der Waals surface area contributed by atoms with E-state index in [-0.39, 0.29) is 24.7 Å². The van der Waals surface area contributed by atoms with Crippen molar-refractivity contribution < 1.29 is 14.3 Å². The Morgan fingerprint density at radius 1 is 1.47 bits per heavy atom. The van der Waals surface area contributed by atoms with Crippen LogP contribution in [0.2, 0.25) is 0 Å². The molecule has 4 heteroatoms. The van der Waals surface area contributed by atoms with Crippen molar-refractivity contribution in [2.45, 2.75) is 19.3 Å². The van der Waals surface area contributed by atoms with Crippen LogP contribution < -0.4 is 5.73 Å². The van der Waals surface area contributed by atoms with Crippen LogP contribution in [0.3, 0.4) is 0 Å². The van der Waals surface area contributed by atoms with E-state index in [1.165, 1.54) is 6.07 Å². The van der Waals surface area contributed by atoms with E-state index in [2.05, 4.69) is 0 Å². The molecule has 1 aliphatic rings. The van der Waals surface area contributed by atoms with Crippen LogP contribution in [0, 0.1) is 17.2 Å². The Labute approximate surface area is 99.4 Å². The van der Waals surface area contributed by atoms with E-state index >= 15 is 0 Å². The minimum Gasteiger partial charge on any atom is -0.481 e. The highest BCUT2D eigenvalue weighted by molar-refractivity contribution is 5.76. The summed E-state index contributed by atoms with van der Waals surface area (Å²) in [5, 5.41) is 9.38. The number of aliphatic carboxylic acids is 1. The number of hydrogen-bond acceptors (Lipinski definition) is 2. The zero-order valence-electron chi connectivity index (χ0n) is 9.53. The van der Waals surface area contributed by atoms with Crippen molar-refractivity contribution in [3.05, 3.63) is 35.6 Å². The fourth-order valence-electron chi connectivity index (χ4n) is 2.34. The highest BCUT2D eigenvalue weighted by Gasteiger charge is 2.50. The number of carboxylic acids is 1. The van der Waals surface area contributed by atoms with Crippen LogP contribution >= 0.6 is 0 Å². The molecule has 92 valence electrons. The largest absolute Gasteiger partial charge is 0.481 e. The van der Waals surface area contributed by atoms with Crippen molar-refractivity contribution >= 4 is 5.97 Å². The molecule has 1 unspecified atom stereocenters. The average Bonchev–Trinajstić information content (AvgIpc) is 3.12.